The quantitative estimate of drug-likeness (QED) is 0.683. The third kappa shape index (κ3) is 1.39. The molecule has 2 bridgehead atoms. The number of ether oxygens (including phenoxy) is 1. The molecule has 0 aromatic heterocycles. The Morgan fingerprint density at radius 2 is 2.11 bits per heavy atom. The Hall–Kier alpha value is -0.720. The molecule has 3 aliphatic heterocycles. The van der Waals surface area contributed by atoms with Crippen molar-refractivity contribution < 1.29 is 17.3 Å². The predicted octanol–water partition coefficient (Wildman–Crippen LogP) is 2.15. The highest BCUT2D eigenvalue weighted by atomic mass is 32.2. The maximum atomic E-state index is 12.2. The third-order valence-electron chi connectivity index (χ3n) is 3.76. The van der Waals surface area contributed by atoms with Gasteiger partial charge in [0.2, 0.25) is 5.79 Å². The van der Waals surface area contributed by atoms with Crippen LogP contribution in [0.25, 0.3) is 0 Å². The Bertz CT molecular complexity index is 612. The van der Waals surface area contributed by atoms with Crippen molar-refractivity contribution in [2.45, 2.75) is 40.4 Å². The molecule has 1 aromatic carbocycles. The zero-order valence-corrected chi connectivity index (χ0v) is 11.2. The Morgan fingerprint density at radius 3 is 2.83 bits per heavy atom. The number of rotatable bonds is 0. The monoisotopic (exact) mass is 284 g/mol. The van der Waals surface area contributed by atoms with Crippen molar-refractivity contribution in [3.63, 3.8) is 0 Å². The molecule has 3 heterocycles. The minimum Gasteiger partial charge on any atom is -0.458 e. The Morgan fingerprint density at radius 1 is 1.28 bits per heavy atom. The molecule has 0 aliphatic carbocycles. The van der Waals surface area contributed by atoms with Gasteiger partial charge >= 0.3 is 10.1 Å². The van der Waals surface area contributed by atoms with Crippen LogP contribution in [0.5, 0.6) is 5.75 Å². The van der Waals surface area contributed by atoms with Crippen molar-refractivity contribution in [3.05, 3.63) is 24.3 Å². The van der Waals surface area contributed by atoms with E-state index in [0.717, 1.165) is 12.8 Å². The molecule has 4 rings (SSSR count). The van der Waals surface area contributed by atoms with E-state index in [2.05, 4.69) is 0 Å². The average molecular weight is 284 g/mol. The van der Waals surface area contributed by atoms with Crippen LogP contribution in [-0.4, -0.2) is 24.7 Å². The van der Waals surface area contributed by atoms with Crippen LogP contribution >= 0.6 is 11.8 Å². The molecule has 0 amide bonds. The fraction of sp³-hybridized carbons (Fsp3) is 0.500. The van der Waals surface area contributed by atoms with E-state index in [1.165, 1.54) is 6.07 Å². The molecule has 2 fully saturated rings. The average Bonchev–Trinajstić information content (AvgIpc) is 2.88. The Labute approximate surface area is 110 Å². The van der Waals surface area contributed by atoms with E-state index >= 15 is 0 Å². The summed E-state index contributed by atoms with van der Waals surface area (Å²) in [5.41, 5.74) is 0. The fourth-order valence-corrected chi connectivity index (χ4v) is 6.08. The lowest BCUT2D eigenvalue weighted by Crippen LogP contribution is -2.51. The Kier molecular flexibility index (Phi) is 2.12. The minimum absolute atomic E-state index is 0.130. The third-order valence-corrected chi connectivity index (χ3v) is 6.85. The van der Waals surface area contributed by atoms with Crippen LogP contribution in [0.2, 0.25) is 0 Å². The smallest absolute Gasteiger partial charge is 0.304 e. The van der Waals surface area contributed by atoms with Crippen LogP contribution in [0.1, 0.15) is 19.3 Å². The summed E-state index contributed by atoms with van der Waals surface area (Å²) in [6.45, 7) is 0. The zero-order valence-electron chi connectivity index (χ0n) is 9.53. The zero-order chi connectivity index (χ0) is 12.4. The lowest BCUT2D eigenvalue weighted by Gasteiger charge is -2.39. The highest BCUT2D eigenvalue weighted by Gasteiger charge is 2.59. The van der Waals surface area contributed by atoms with Gasteiger partial charge in [-0.3, -0.25) is 0 Å². The van der Waals surface area contributed by atoms with Crippen molar-refractivity contribution >= 4 is 21.9 Å². The summed E-state index contributed by atoms with van der Waals surface area (Å²) in [6.07, 6.45) is 2.76. The highest BCUT2D eigenvalue weighted by Crippen LogP contribution is 2.56. The predicted molar refractivity (Wildman–Crippen MR) is 67.1 cm³/mol. The second kappa shape index (κ2) is 3.43. The van der Waals surface area contributed by atoms with Crippen molar-refractivity contribution in [1.82, 2.24) is 0 Å². The van der Waals surface area contributed by atoms with E-state index in [1.807, 2.05) is 0 Å². The van der Waals surface area contributed by atoms with Crippen LogP contribution in [-0.2, 0) is 14.3 Å². The molecule has 3 unspecified atom stereocenters. The largest absolute Gasteiger partial charge is 0.458 e. The minimum atomic E-state index is -3.69. The van der Waals surface area contributed by atoms with Gasteiger partial charge in [0.25, 0.3) is 0 Å². The normalized spacial score (nSPS) is 39.6. The summed E-state index contributed by atoms with van der Waals surface area (Å²) < 4.78 is 35.7. The van der Waals surface area contributed by atoms with Gasteiger partial charge in [-0.2, -0.15) is 8.42 Å². The van der Waals surface area contributed by atoms with Crippen LogP contribution in [0.4, 0.5) is 0 Å². The molecule has 0 saturated carbocycles. The molecule has 1 spiro atoms. The molecule has 6 heteroatoms. The maximum Gasteiger partial charge on any atom is 0.304 e. The maximum absolute atomic E-state index is 12.2. The lowest BCUT2D eigenvalue weighted by atomic mass is 9.94. The molecular weight excluding hydrogens is 272 g/mol. The molecule has 96 valence electrons. The lowest BCUT2D eigenvalue weighted by molar-refractivity contribution is -0.127. The summed E-state index contributed by atoms with van der Waals surface area (Å²) in [5, 5.41) is 0.598. The standard InChI is InChI=1S/C12H12O4S2/c13-18(14)10-4-2-1-3-9(10)15-12(16-18)7-8-5-6-11(12)17-8/h1-4,8,11H,5-7H2. The Balaban J connectivity index is 1.85. The number of hydrogen-bond donors (Lipinski definition) is 0. The molecule has 18 heavy (non-hydrogen) atoms. The summed E-state index contributed by atoms with van der Waals surface area (Å²) in [5.74, 6) is -0.530. The molecule has 1 aromatic rings. The second-order valence-corrected chi connectivity index (χ2v) is 7.95. The van der Waals surface area contributed by atoms with E-state index in [9.17, 15) is 8.42 Å². The topological polar surface area (TPSA) is 52.6 Å². The van der Waals surface area contributed by atoms with Gasteiger partial charge in [-0.25, -0.2) is 4.18 Å². The molecule has 3 atom stereocenters. The molecule has 0 N–H and O–H groups in total. The van der Waals surface area contributed by atoms with Gasteiger partial charge in [-0.05, 0) is 25.0 Å². The van der Waals surface area contributed by atoms with Crippen LogP contribution in [0.15, 0.2) is 29.2 Å². The van der Waals surface area contributed by atoms with E-state index in [4.69, 9.17) is 8.92 Å². The summed E-state index contributed by atoms with van der Waals surface area (Å²) in [4.78, 5) is 0.142. The number of thioether (sulfide) groups is 1. The SMILES string of the molecule is O=S1(=O)OC2(CC3CCC2S3)Oc2ccccc21. The van der Waals surface area contributed by atoms with Gasteiger partial charge in [-0.15, -0.1) is 11.8 Å². The van der Waals surface area contributed by atoms with Crippen molar-refractivity contribution in [3.8, 4) is 5.75 Å². The fourth-order valence-electron chi connectivity index (χ4n) is 3.00. The van der Waals surface area contributed by atoms with Crippen LogP contribution in [0.3, 0.4) is 0 Å². The molecule has 3 aliphatic rings. The van der Waals surface area contributed by atoms with Crippen LogP contribution < -0.4 is 4.74 Å². The molecular formula is C12H12O4S2. The number of para-hydroxylation sites is 1. The number of hydrogen-bond acceptors (Lipinski definition) is 5. The first-order valence-electron chi connectivity index (χ1n) is 5.98. The van der Waals surface area contributed by atoms with Crippen molar-refractivity contribution in [1.29, 1.82) is 0 Å². The number of fused-ring (bicyclic) bond motifs is 4. The summed E-state index contributed by atoms with van der Waals surface area (Å²) in [7, 11) is -3.69. The summed E-state index contributed by atoms with van der Waals surface area (Å²) in [6, 6.07) is 6.69. The first kappa shape index (κ1) is 11.1. The van der Waals surface area contributed by atoms with E-state index in [0.29, 0.717) is 17.4 Å². The van der Waals surface area contributed by atoms with Gasteiger partial charge in [0.1, 0.15) is 10.6 Å². The second-order valence-electron chi connectivity index (χ2n) is 4.93. The van der Waals surface area contributed by atoms with Gasteiger partial charge in [0.15, 0.2) is 0 Å². The van der Waals surface area contributed by atoms with Crippen molar-refractivity contribution in [2.24, 2.45) is 0 Å². The van der Waals surface area contributed by atoms with E-state index in [1.54, 1.807) is 30.0 Å². The molecule has 4 nitrogen and oxygen atoms in total. The first-order chi connectivity index (χ1) is 8.59. The van der Waals surface area contributed by atoms with Gasteiger partial charge in [0.05, 0.1) is 5.25 Å². The molecule has 0 radical (unpaired) electrons. The van der Waals surface area contributed by atoms with Crippen LogP contribution in [0, 0.1) is 0 Å². The van der Waals surface area contributed by atoms with Crippen molar-refractivity contribution in [2.75, 3.05) is 0 Å². The number of benzene rings is 1. The van der Waals surface area contributed by atoms with Gasteiger partial charge in [0, 0.05) is 11.7 Å². The highest BCUT2D eigenvalue weighted by molar-refractivity contribution is 8.01. The van der Waals surface area contributed by atoms with Gasteiger partial charge < -0.3 is 4.74 Å². The van der Waals surface area contributed by atoms with E-state index < -0.39 is 15.9 Å². The molecule has 2 saturated heterocycles. The van der Waals surface area contributed by atoms with E-state index in [-0.39, 0.29) is 10.1 Å². The first-order valence-corrected chi connectivity index (χ1v) is 8.33. The van der Waals surface area contributed by atoms with Gasteiger partial charge in [-0.1, -0.05) is 12.1 Å². The summed E-state index contributed by atoms with van der Waals surface area (Å²) >= 11 is 1.80.